The van der Waals surface area contributed by atoms with Gasteiger partial charge in [0.15, 0.2) is 0 Å². The largest absolute Gasteiger partial charge is 0.392 e. The van der Waals surface area contributed by atoms with Gasteiger partial charge in [-0.2, -0.15) is 0 Å². The van der Waals surface area contributed by atoms with Gasteiger partial charge in [0.1, 0.15) is 0 Å². The highest BCUT2D eigenvalue weighted by Crippen LogP contribution is 2.10. The molecule has 1 aliphatic rings. The Balaban J connectivity index is 2.43. The molecular formula is C12H25N3OS. The van der Waals surface area contributed by atoms with Crippen molar-refractivity contribution in [2.24, 2.45) is 5.73 Å². The molecule has 0 amide bonds. The first-order valence-corrected chi connectivity index (χ1v) is 6.67. The van der Waals surface area contributed by atoms with E-state index in [0.29, 0.717) is 11.0 Å². The Morgan fingerprint density at radius 3 is 2.71 bits per heavy atom. The molecule has 17 heavy (non-hydrogen) atoms. The van der Waals surface area contributed by atoms with Crippen LogP contribution in [0.1, 0.15) is 20.8 Å². The fourth-order valence-electron chi connectivity index (χ4n) is 2.02. The second-order valence-electron chi connectivity index (χ2n) is 5.10. The summed E-state index contributed by atoms with van der Waals surface area (Å²) < 4.78 is 5.79. The van der Waals surface area contributed by atoms with E-state index in [1.165, 1.54) is 0 Å². The molecule has 0 bridgehead atoms. The van der Waals surface area contributed by atoms with Gasteiger partial charge in [-0.25, -0.2) is 0 Å². The van der Waals surface area contributed by atoms with Crippen molar-refractivity contribution in [3.8, 4) is 0 Å². The van der Waals surface area contributed by atoms with Crippen LogP contribution in [0, 0.1) is 0 Å². The van der Waals surface area contributed by atoms with Gasteiger partial charge in [-0.1, -0.05) is 12.2 Å². The average molecular weight is 259 g/mol. The summed E-state index contributed by atoms with van der Waals surface area (Å²) in [5.74, 6) is 0. The molecule has 0 aliphatic carbocycles. The second kappa shape index (κ2) is 6.64. The van der Waals surface area contributed by atoms with Crippen LogP contribution >= 0.6 is 12.2 Å². The van der Waals surface area contributed by atoms with Gasteiger partial charge < -0.3 is 10.5 Å². The maximum Gasteiger partial charge on any atom is 0.0899 e. The number of nitrogens with zero attached hydrogens (tertiary/aromatic N) is 2. The molecule has 0 aromatic rings. The summed E-state index contributed by atoms with van der Waals surface area (Å²) in [4.78, 5) is 5.16. The van der Waals surface area contributed by atoms with Gasteiger partial charge >= 0.3 is 0 Å². The topological polar surface area (TPSA) is 41.7 Å². The minimum atomic E-state index is 0.128. The Morgan fingerprint density at radius 2 is 2.18 bits per heavy atom. The Bertz CT molecular complexity index is 260. The van der Waals surface area contributed by atoms with Crippen LogP contribution < -0.4 is 5.73 Å². The van der Waals surface area contributed by atoms with Crippen LogP contribution in [0.2, 0.25) is 0 Å². The molecule has 100 valence electrons. The van der Waals surface area contributed by atoms with E-state index in [0.717, 1.165) is 26.2 Å². The van der Waals surface area contributed by atoms with Gasteiger partial charge in [0.05, 0.1) is 23.7 Å². The van der Waals surface area contributed by atoms with Gasteiger partial charge in [-0.3, -0.25) is 9.80 Å². The fraction of sp³-hybridized carbons (Fsp3) is 0.917. The standard InChI is InChI=1S/C12H25N3OS/c1-9(2)15-5-6-16-11(8-15)7-14(4)10(3)12(13)17/h9-11H,5-8H2,1-4H3,(H2,13,17). The van der Waals surface area contributed by atoms with Gasteiger partial charge in [-0.15, -0.1) is 0 Å². The van der Waals surface area contributed by atoms with E-state index in [1.54, 1.807) is 0 Å². The van der Waals surface area contributed by atoms with E-state index in [2.05, 4.69) is 23.6 Å². The Labute approximate surface area is 110 Å². The fourth-order valence-corrected chi connectivity index (χ4v) is 2.20. The van der Waals surface area contributed by atoms with Gasteiger partial charge in [-0.05, 0) is 27.8 Å². The molecule has 5 heteroatoms. The van der Waals surface area contributed by atoms with Crippen molar-refractivity contribution in [3.63, 3.8) is 0 Å². The number of thiocarbonyl (C=S) groups is 1. The zero-order valence-electron chi connectivity index (χ0n) is 11.3. The third-order valence-corrected chi connectivity index (χ3v) is 3.81. The molecule has 0 spiro atoms. The third kappa shape index (κ3) is 4.50. The highest BCUT2D eigenvalue weighted by atomic mass is 32.1. The smallest absolute Gasteiger partial charge is 0.0899 e. The van der Waals surface area contributed by atoms with Crippen LogP contribution in [0.5, 0.6) is 0 Å². The van der Waals surface area contributed by atoms with E-state index in [1.807, 2.05) is 14.0 Å². The highest BCUT2D eigenvalue weighted by Gasteiger charge is 2.24. The molecule has 2 N–H and O–H groups in total. The van der Waals surface area contributed by atoms with Crippen molar-refractivity contribution in [3.05, 3.63) is 0 Å². The lowest BCUT2D eigenvalue weighted by molar-refractivity contribution is -0.0506. The van der Waals surface area contributed by atoms with Gasteiger partial charge in [0.2, 0.25) is 0 Å². The normalized spacial score (nSPS) is 24.2. The molecule has 1 rings (SSSR count). The predicted octanol–water partition coefficient (Wildman–Crippen LogP) is 0.702. The Morgan fingerprint density at radius 1 is 1.53 bits per heavy atom. The van der Waals surface area contributed by atoms with Crippen molar-refractivity contribution >= 4 is 17.2 Å². The van der Waals surface area contributed by atoms with Crippen molar-refractivity contribution in [2.45, 2.75) is 39.0 Å². The zero-order valence-corrected chi connectivity index (χ0v) is 12.2. The number of ether oxygens (including phenoxy) is 1. The second-order valence-corrected chi connectivity index (χ2v) is 5.57. The molecule has 0 radical (unpaired) electrons. The van der Waals surface area contributed by atoms with Crippen LogP contribution in [-0.4, -0.2) is 66.3 Å². The van der Waals surface area contributed by atoms with E-state index < -0.39 is 0 Å². The van der Waals surface area contributed by atoms with E-state index in [4.69, 9.17) is 22.7 Å². The highest BCUT2D eigenvalue weighted by molar-refractivity contribution is 7.80. The molecule has 1 fully saturated rings. The first-order valence-electron chi connectivity index (χ1n) is 6.27. The molecule has 1 heterocycles. The number of morpholine rings is 1. The first-order chi connectivity index (χ1) is 7.91. The maximum atomic E-state index is 5.79. The predicted molar refractivity (Wildman–Crippen MR) is 75.3 cm³/mol. The molecular weight excluding hydrogens is 234 g/mol. The zero-order chi connectivity index (χ0) is 13.0. The molecule has 0 aromatic heterocycles. The average Bonchev–Trinajstić information content (AvgIpc) is 2.28. The number of hydrogen-bond donors (Lipinski definition) is 1. The number of hydrogen-bond acceptors (Lipinski definition) is 4. The molecule has 0 saturated carbocycles. The van der Waals surface area contributed by atoms with Crippen molar-refractivity contribution in [1.82, 2.24) is 9.80 Å². The molecule has 2 atom stereocenters. The maximum absolute atomic E-state index is 5.79. The molecule has 1 aliphatic heterocycles. The van der Waals surface area contributed by atoms with E-state index in [-0.39, 0.29) is 12.1 Å². The van der Waals surface area contributed by atoms with Crippen LogP contribution in [0.25, 0.3) is 0 Å². The number of nitrogens with two attached hydrogens (primary N) is 1. The lowest BCUT2D eigenvalue weighted by Crippen LogP contribution is -2.51. The summed E-state index contributed by atoms with van der Waals surface area (Å²) in [6.07, 6.45) is 0.257. The van der Waals surface area contributed by atoms with E-state index in [9.17, 15) is 0 Å². The summed E-state index contributed by atoms with van der Waals surface area (Å²) in [5, 5.41) is 0. The number of rotatable bonds is 5. The minimum absolute atomic E-state index is 0.128. The Kier molecular flexibility index (Phi) is 5.79. The minimum Gasteiger partial charge on any atom is -0.392 e. The summed E-state index contributed by atoms with van der Waals surface area (Å²) >= 11 is 5.01. The Hall–Kier alpha value is -0.230. The third-order valence-electron chi connectivity index (χ3n) is 3.47. The summed E-state index contributed by atoms with van der Waals surface area (Å²) in [7, 11) is 2.04. The van der Waals surface area contributed by atoms with E-state index >= 15 is 0 Å². The SMILES string of the molecule is CC(C(N)=S)N(C)CC1CN(C(C)C)CCO1. The molecule has 4 nitrogen and oxygen atoms in total. The molecule has 0 aromatic carbocycles. The number of likely N-dealkylation sites (N-methyl/N-ethyl adjacent to an activating group) is 1. The summed E-state index contributed by atoms with van der Waals surface area (Å²) in [5.41, 5.74) is 5.66. The van der Waals surface area contributed by atoms with Crippen molar-refractivity contribution in [1.29, 1.82) is 0 Å². The molecule has 1 saturated heterocycles. The van der Waals surface area contributed by atoms with Crippen LogP contribution in [0.3, 0.4) is 0 Å². The molecule has 2 unspecified atom stereocenters. The van der Waals surface area contributed by atoms with Crippen LogP contribution in [0.15, 0.2) is 0 Å². The first kappa shape index (κ1) is 14.8. The monoisotopic (exact) mass is 259 g/mol. The quantitative estimate of drug-likeness (QED) is 0.736. The summed E-state index contributed by atoms with van der Waals surface area (Å²) in [6, 6.07) is 0.711. The lowest BCUT2D eigenvalue weighted by atomic mass is 10.2. The van der Waals surface area contributed by atoms with Crippen molar-refractivity contribution < 1.29 is 4.74 Å². The lowest BCUT2D eigenvalue weighted by Gasteiger charge is -2.37. The van der Waals surface area contributed by atoms with Crippen LogP contribution in [0.4, 0.5) is 0 Å². The summed E-state index contributed by atoms with van der Waals surface area (Å²) in [6.45, 7) is 10.2. The van der Waals surface area contributed by atoms with Gasteiger partial charge in [0, 0.05) is 25.7 Å². The van der Waals surface area contributed by atoms with Gasteiger partial charge in [0.25, 0.3) is 0 Å². The van der Waals surface area contributed by atoms with Crippen LogP contribution in [-0.2, 0) is 4.74 Å². The van der Waals surface area contributed by atoms with Crippen molar-refractivity contribution in [2.75, 3.05) is 33.3 Å².